The summed E-state index contributed by atoms with van der Waals surface area (Å²) in [7, 11) is 0. The second-order valence-electron chi connectivity index (χ2n) is 10.9. The third-order valence-electron chi connectivity index (χ3n) is 7.77. The number of esters is 1. The summed E-state index contributed by atoms with van der Waals surface area (Å²) < 4.78 is 11.3. The Morgan fingerprint density at radius 1 is 0.769 bits per heavy atom. The lowest BCUT2D eigenvalue weighted by atomic mass is 9.79. The predicted molar refractivity (Wildman–Crippen MR) is 162 cm³/mol. The molecule has 3 aromatic carbocycles. The van der Waals surface area contributed by atoms with Gasteiger partial charge in [0.15, 0.2) is 0 Å². The number of ether oxygens (including phenoxy) is 2. The Balaban J connectivity index is 1.24. The van der Waals surface area contributed by atoms with E-state index in [0.717, 1.165) is 37.5 Å². The summed E-state index contributed by atoms with van der Waals surface area (Å²) in [6.45, 7) is 6.20. The molecule has 3 nitrogen and oxygen atoms in total. The van der Waals surface area contributed by atoms with Crippen molar-refractivity contribution in [3.63, 3.8) is 0 Å². The van der Waals surface area contributed by atoms with E-state index in [2.05, 4.69) is 50.3 Å². The zero-order valence-corrected chi connectivity index (χ0v) is 23.7. The van der Waals surface area contributed by atoms with Gasteiger partial charge in [0.1, 0.15) is 5.75 Å². The number of unbranched alkanes of at least 4 members (excludes halogenated alkanes) is 2. The van der Waals surface area contributed by atoms with Crippen molar-refractivity contribution in [1.29, 1.82) is 0 Å². The van der Waals surface area contributed by atoms with Crippen LogP contribution in [-0.4, -0.2) is 19.2 Å². The standard InChI is InChI=1S/C36H44O3/c1-3-5-6-7-28-16-24-35(25-17-28)39-36(37)34-22-12-30(13-23-34)9-8-29-10-18-32(19-11-29)33-20-14-31(15-21-33)27-38-26-4-2/h8-13,16-19,22-25,31,33H,3-7,14-15,20-21,26-27H2,1-2H3. The maximum absolute atomic E-state index is 12.6. The Hall–Kier alpha value is -3.17. The number of rotatable bonds is 13. The molecular formula is C36H44O3. The fraction of sp³-hybridized carbons (Fsp3) is 0.417. The first-order valence-electron chi connectivity index (χ1n) is 14.9. The van der Waals surface area contributed by atoms with Crippen molar-refractivity contribution in [2.45, 2.75) is 77.6 Å². The number of hydrogen-bond acceptors (Lipinski definition) is 3. The molecule has 3 heteroatoms. The van der Waals surface area contributed by atoms with Crippen LogP contribution in [0, 0.1) is 5.92 Å². The van der Waals surface area contributed by atoms with E-state index in [0.29, 0.717) is 17.2 Å². The van der Waals surface area contributed by atoms with E-state index in [1.807, 2.05) is 48.5 Å². The lowest BCUT2D eigenvalue weighted by Crippen LogP contribution is -2.18. The maximum Gasteiger partial charge on any atom is 0.343 e. The zero-order valence-electron chi connectivity index (χ0n) is 23.7. The highest BCUT2D eigenvalue weighted by Gasteiger charge is 2.22. The molecule has 0 aliphatic heterocycles. The highest BCUT2D eigenvalue weighted by molar-refractivity contribution is 5.91. The summed E-state index contributed by atoms with van der Waals surface area (Å²) in [5.74, 6) is 1.65. The Labute approximate surface area is 235 Å². The van der Waals surface area contributed by atoms with E-state index in [-0.39, 0.29) is 5.97 Å². The Kier molecular flexibility index (Phi) is 11.4. The molecule has 1 fully saturated rings. The van der Waals surface area contributed by atoms with Crippen LogP contribution in [0.3, 0.4) is 0 Å². The van der Waals surface area contributed by atoms with Crippen molar-refractivity contribution in [3.8, 4) is 5.75 Å². The van der Waals surface area contributed by atoms with Crippen LogP contribution in [0.2, 0.25) is 0 Å². The number of hydrogen-bond donors (Lipinski definition) is 0. The number of carbonyl (C=O) groups is 1. The monoisotopic (exact) mass is 524 g/mol. The summed E-state index contributed by atoms with van der Waals surface area (Å²) in [5, 5.41) is 0. The fourth-order valence-corrected chi connectivity index (χ4v) is 5.33. The van der Waals surface area contributed by atoms with Crippen molar-refractivity contribution in [3.05, 3.63) is 101 Å². The zero-order chi connectivity index (χ0) is 27.3. The van der Waals surface area contributed by atoms with Crippen LogP contribution in [0.1, 0.15) is 104 Å². The van der Waals surface area contributed by atoms with Gasteiger partial charge in [-0.3, -0.25) is 0 Å². The first-order chi connectivity index (χ1) is 19.1. The number of aryl methyl sites for hydroxylation is 1. The minimum atomic E-state index is -0.331. The van der Waals surface area contributed by atoms with Crippen LogP contribution >= 0.6 is 0 Å². The third-order valence-corrected chi connectivity index (χ3v) is 7.77. The molecule has 0 spiro atoms. The van der Waals surface area contributed by atoms with Crippen LogP contribution in [0.4, 0.5) is 0 Å². The van der Waals surface area contributed by atoms with Gasteiger partial charge in [-0.1, -0.05) is 87.4 Å². The molecule has 39 heavy (non-hydrogen) atoms. The molecule has 1 aliphatic rings. The van der Waals surface area contributed by atoms with E-state index >= 15 is 0 Å². The molecule has 4 rings (SSSR count). The molecule has 0 bridgehead atoms. The molecule has 206 valence electrons. The van der Waals surface area contributed by atoms with Gasteiger partial charge in [0.25, 0.3) is 0 Å². The second kappa shape index (κ2) is 15.4. The van der Waals surface area contributed by atoms with E-state index in [1.54, 1.807) is 0 Å². The second-order valence-corrected chi connectivity index (χ2v) is 10.9. The van der Waals surface area contributed by atoms with Gasteiger partial charge >= 0.3 is 5.97 Å². The first kappa shape index (κ1) is 28.8. The van der Waals surface area contributed by atoms with Gasteiger partial charge in [0, 0.05) is 13.2 Å². The molecule has 3 aromatic rings. The average molecular weight is 525 g/mol. The molecule has 0 aromatic heterocycles. The molecule has 0 N–H and O–H groups in total. The SMILES string of the molecule is CCCCCc1ccc(OC(=O)c2ccc(C=Cc3ccc(C4CCC(COCCC)CC4)cc3)cc2)cc1. The van der Waals surface area contributed by atoms with Crippen molar-refractivity contribution < 1.29 is 14.3 Å². The predicted octanol–water partition coefficient (Wildman–Crippen LogP) is 9.51. The minimum absolute atomic E-state index is 0.331. The topological polar surface area (TPSA) is 35.5 Å². The van der Waals surface area contributed by atoms with Gasteiger partial charge < -0.3 is 9.47 Å². The quantitative estimate of drug-likeness (QED) is 0.0966. The fourth-order valence-electron chi connectivity index (χ4n) is 5.33. The van der Waals surface area contributed by atoms with Crippen molar-refractivity contribution in [2.24, 2.45) is 5.92 Å². The van der Waals surface area contributed by atoms with E-state index in [9.17, 15) is 4.79 Å². The molecule has 0 saturated heterocycles. The molecular weight excluding hydrogens is 480 g/mol. The van der Waals surface area contributed by atoms with Crippen LogP contribution in [0.5, 0.6) is 5.75 Å². The summed E-state index contributed by atoms with van der Waals surface area (Å²) in [4.78, 5) is 12.6. The normalized spacial score (nSPS) is 17.4. The number of carbonyl (C=O) groups excluding carboxylic acids is 1. The largest absolute Gasteiger partial charge is 0.423 e. The van der Waals surface area contributed by atoms with E-state index in [4.69, 9.17) is 9.47 Å². The Morgan fingerprint density at radius 3 is 2.03 bits per heavy atom. The highest BCUT2D eigenvalue weighted by atomic mass is 16.5. The van der Waals surface area contributed by atoms with Gasteiger partial charge in [-0.25, -0.2) is 4.79 Å². The van der Waals surface area contributed by atoms with Crippen LogP contribution in [-0.2, 0) is 11.2 Å². The van der Waals surface area contributed by atoms with Gasteiger partial charge in [-0.2, -0.15) is 0 Å². The van der Waals surface area contributed by atoms with Gasteiger partial charge in [-0.05, 0) is 103 Å². The van der Waals surface area contributed by atoms with Crippen LogP contribution < -0.4 is 4.74 Å². The van der Waals surface area contributed by atoms with Crippen molar-refractivity contribution in [2.75, 3.05) is 13.2 Å². The molecule has 1 saturated carbocycles. The summed E-state index contributed by atoms with van der Waals surface area (Å²) >= 11 is 0. The van der Waals surface area contributed by atoms with Crippen LogP contribution in [0.15, 0.2) is 72.8 Å². The molecule has 1 aliphatic carbocycles. The molecule has 0 atom stereocenters. The molecule has 0 heterocycles. The molecule has 0 amide bonds. The summed E-state index contributed by atoms with van der Waals surface area (Å²) in [6, 6.07) is 24.4. The van der Waals surface area contributed by atoms with Crippen molar-refractivity contribution in [1.82, 2.24) is 0 Å². The van der Waals surface area contributed by atoms with Crippen molar-refractivity contribution >= 4 is 18.1 Å². The Morgan fingerprint density at radius 2 is 1.41 bits per heavy atom. The summed E-state index contributed by atoms with van der Waals surface area (Å²) in [5.41, 5.74) is 5.52. The lowest BCUT2D eigenvalue weighted by Gasteiger charge is -2.28. The van der Waals surface area contributed by atoms with Gasteiger partial charge in [0.05, 0.1) is 5.56 Å². The lowest BCUT2D eigenvalue weighted by molar-refractivity contribution is 0.0734. The number of benzene rings is 3. The van der Waals surface area contributed by atoms with Crippen LogP contribution in [0.25, 0.3) is 12.2 Å². The third kappa shape index (κ3) is 9.21. The first-order valence-corrected chi connectivity index (χ1v) is 14.9. The smallest absolute Gasteiger partial charge is 0.343 e. The molecule has 0 unspecified atom stereocenters. The highest BCUT2D eigenvalue weighted by Crippen LogP contribution is 2.36. The van der Waals surface area contributed by atoms with Gasteiger partial charge in [0.2, 0.25) is 0 Å². The van der Waals surface area contributed by atoms with E-state index in [1.165, 1.54) is 61.6 Å². The maximum atomic E-state index is 12.6. The molecule has 0 radical (unpaired) electrons. The van der Waals surface area contributed by atoms with E-state index < -0.39 is 0 Å². The summed E-state index contributed by atoms with van der Waals surface area (Å²) in [6.07, 6.45) is 15.1. The Bertz CT molecular complexity index is 1150. The minimum Gasteiger partial charge on any atom is -0.423 e. The van der Waals surface area contributed by atoms with Gasteiger partial charge in [-0.15, -0.1) is 0 Å². The average Bonchev–Trinajstić information content (AvgIpc) is 2.98.